The van der Waals surface area contributed by atoms with Gasteiger partial charge >= 0.3 is 11.9 Å². The van der Waals surface area contributed by atoms with E-state index in [1.54, 1.807) is 37.3 Å². The fourth-order valence-corrected chi connectivity index (χ4v) is 3.80. The van der Waals surface area contributed by atoms with E-state index in [0.29, 0.717) is 0 Å². The number of aliphatic hydroxyl groups is 6. The van der Waals surface area contributed by atoms with Gasteiger partial charge < -0.3 is 54.3 Å². The van der Waals surface area contributed by atoms with Gasteiger partial charge in [0.15, 0.2) is 12.6 Å². The van der Waals surface area contributed by atoms with E-state index >= 15 is 0 Å². The molecule has 0 spiro atoms. The predicted molar refractivity (Wildman–Crippen MR) is 117 cm³/mol. The maximum atomic E-state index is 12.0. The minimum Gasteiger partial charge on any atom is -0.462 e. The molecule has 4 unspecified atom stereocenters. The molecule has 2 aliphatic rings. The van der Waals surface area contributed by atoms with Crippen LogP contribution in [0.5, 0.6) is 0 Å². The minimum absolute atomic E-state index is 0.0276. The van der Waals surface area contributed by atoms with Crippen molar-refractivity contribution in [3.63, 3.8) is 0 Å². The Morgan fingerprint density at radius 1 is 0.750 bits per heavy atom. The van der Waals surface area contributed by atoms with Crippen molar-refractivity contribution in [2.45, 2.75) is 87.8 Å². The highest BCUT2D eigenvalue weighted by Crippen LogP contribution is 2.29. The van der Waals surface area contributed by atoms with Gasteiger partial charge in [0.1, 0.15) is 62.4 Å². The van der Waals surface area contributed by atoms with E-state index in [2.05, 4.69) is 0 Å². The summed E-state index contributed by atoms with van der Waals surface area (Å²) >= 11 is 0. The van der Waals surface area contributed by atoms with Crippen LogP contribution in [0.2, 0.25) is 0 Å². The van der Waals surface area contributed by atoms with Crippen molar-refractivity contribution in [2.75, 3.05) is 6.61 Å². The Balaban J connectivity index is 1.51. The van der Waals surface area contributed by atoms with Crippen molar-refractivity contribution in [1.82, 2.24) is 0 Å². The molecule has 2 saturated heterocycles. The molecule has 36 heavy (non-hydrogen) atoms. The van der Waals surface area contributed by atoms with Crippen LogP contribution in [0.15, 0.2) is 30.3 Å². The van der Waals surface area contributed by atoms with Gasteiger partial charge in [0, 0.05) is 0 Å². The second-order valence-corrected chi connectivity index (χ2v) is 8.58. The number of esters is 2. The Hall–Kier alpha value is -2.20. The lowest BCUT2D eigenvalue weighted by Gasteiger charge is -2.44. The van der Waals surface area contributed by atoms with Crippen LogP contribution in [0, 0.1) is 0 Å². The van der Waals surface area contributed by atoms with Crippen molar-refractivity contribution >= 4 is 11.9 Å². The van der Waals surface area contributed by atoms with Crippen LogP contribution >= 0.6 is 0 Å². The molecule has 0 aromatic heterocycles. The highest BCUT2D eigenvalue weighted by molar-refractivity contribution is 5.91. The Labute approximate surface area is 206 Å². The highest BCUT2D eigenvalue weighted by atomic mass is 16.8. The topological polar surface area (TPSA) is 202 Å². The molecule has 6 N–H and O–H groups in total. The van der Waals surface area contributed by atoms with E-state index in [-0.39, 0.29) is 13.0 Å². The van der Waals surface area contributed by atoms with Crippen molar-refractivity contribution in [1.29, 1.82) is 0 Å². The number of aliphatic hydroxyl groups excluding tert-OH is 6. The summed E-state index contributed by atoms with van der Waals surface area (Å²) in [7, 11) is 0. The summed E-state index contributed by atoms with van der Waals surface area (Å²) in [5, 5.41) is 60.8. The quantitative estimate of drug-likeness (QED) is 0.151. The smallest absolute Gasteiger partial charge is 0.317 e. The van der Waals surface area contributed by atoms with Crippen LogP contribution in [-0.4, -0.2) is 111 Å². The molecular weight excluding hydrogens is 484 g/mol. The minimum atomic E-state index is -1.79. The SMILES string of the molecule is CCC1O[C@H](O[C@H]2OC(COC(=O)CC(=O)OCc3ccccc3)[C@@H](O)[C@H](O)C2O)[C@H](O)C(O)[C@@H]1O. The largest absolute Gasteiger partial charge is 0.462 e. The van der Waals surface area contributed by atoms with Crippen LogP contribution in [0.25, 0.3) is 0 Å². The number of benzene rings is 1. The van der Waals surface area contributed by atoms with Crippen LogP contribution in [0.1, 0.15) is 25.3 Å². The second kappa shape index (κ2) is 12.9. The van der Waals surface area contributed by atoms with Crippen LogP contribution in [0.4, 0.5) is 0 Å². The van der Waals surface area contributed by atoms with E-state index in [1.165, 1.54) is 0 Å². The molecule has 0 saturated carbocycles. The van der Waals surface area contributed by atoms with E-state index in [1.807, 2.05) is 0 Å². The third-order valence-corrected chi connectivity index (χ3v) is 5.95. The first kappa shape index (κ1) is 28.4. The van der Waals surface area contributed by atoms with Crippen LogP contribution in [0.3, 0.4) is 0 Å². The first-order chi connectivity index (χ1) is 17.1. The summed E-state index contributed by atoms with van der Waals surface area (Å²) in [6.45, 7) is 1.03. The maximum Gasteiger partial charge on any atom is 0.317 e. The van der Waals surface area contributed by atoms with E-state index in [0.717, 1.165) is 5.56 Å². The van der Waals surface area contributed by atoms with Crippen molar-refractivity contribution < 1.29 is 63.9 Å². The predicted octanol–water partition coefficient (Wildman–Crippen LogP) is -2.30. The zero-order valence-electron chi connectivity index (χ0n) is 19.5. The molecule has 2 fully saturated rings. The molecule has 0 aliphatic carbocycles. The number of carbonyl (C=O) groups excluding carboxylic acids is 2. The third kappa shape index (κ3) is 6.97. The fourth-order valence-electron chi connectivity index (χ4n) is 3.80. The monoisotopic (exact) mass is 516 g/mol. The Kier molecular flexibility index (Phi) is 10.1. The number of rotatable bonds is 9. The molecule has 0 amide bonds. The molecule has 13 heteroatoms. The molecule has 0 radical (unpaired) electrons. The molecule has 13 nitrogen and oxygen atoms in total. The Morgan fingerprint density at radius 2 is 1.28 bits per heavy atom. The Bertz CT molecular complexity index is 850. The first-order valence-corrected chi connectivity index (χ1v) is 11.5. The van der Waals surface area contributed by atoms with Gasteiger partial charge in [-0.05, 0) is 12.0 Å². The molecule has 1 aromatic rings. The number of ether oxygens (including phenoxy) is 5. The lowest BCUT2D eigenvalue weighted by molar-refractivity contribution is -0.375. The van der Waals surface area contributed by atoms with E-state index in [4.69, 9.17) is 23.7 Å². The van der Waals surface area contributed by atoms with Gasteiger partial charge in [0.2, 0.25) is 0 Å². The van der Waals surface area contributed by atoms with Gasteiger partial charge in [-0.25, -0.2) is 0 Å². The molecule has 10 atom stereocenters. The molecule has 3 rings (SSSR count). The summed E-state index contributed by atoms with van der Waals surface area (Å²) in [6, 6.07) is 8.83. The van der Waals surface area contributed by atoms with Crippen molar-refractivity contribution in [3.05, 3.63) is 35.9 Å². The number of hydrogen-bond donors (Lipinski definition) is 6. The third-order valence-electron chi connectivity index (χ3n) is 5.95. The first-order valence-electron chi connectivity index (χ1n) is 11.5. The zero-order valence-corrected chi connectivity index (χ0v) is 19.5. The average Bonchev–Trinajstić information content (AvgIpc) is 2.87. The molecule has 0 bridgehead atoms. The molecule has 2 aliphatic heterocycles. The summed E-state index contributed by atoms with van der Waals surface area (Å²) in [5.74, 6) is -1.81. The zero-order chi connectivity index (χ0) is 26.4. The lowest BCUT2D eigenvalue weighted by Crippen LogP contribution is -2.63. The Morgan fingerprint density at radius 3 is 1.86 bits per heavy atom. The van der Waals surface area contributed by atoms with Gasteiger partial charge in [0.25, 0.3) is 0 Å². The van der Waals surface area contributed by atoms with Gasteiger partial charge in [-0.1, -0.05) is 37.3 Å². The second-order valence-electron chi connectivity index (χ2n) is 8.58. The normalized spacial score (nSPS) is 36.8. The average molecular weight is 516 g/mol. The molecular formula is C23H32O13. The van der Waals surface area contributed by atoms with Crippen LogP contribution in [-0.2, 0) is 39.9 Å². The summed E-state index contributed by atoms with van der Waals surface area (Å²) in [4.78, 5) is 23.9. The molecule has 1 aromatic carbocycles. The van der Waals surface area contributed by atoms with Gasteiger partial charge in [-0.2, -0.15) is 0 Å². The van der Waals surface area contributed by atoms with Gasteiger partial charge in [-0.3, -0.25) is 9.59 Å². The maximum absolute atomic E-state index is 12.0. The standard InChI is InChI=1S/C23H32O13/c1-2-12-16(26)18(28)20(30)22(34-12)36-23-21(31)19(29)17(27)13(35-23)10-33-15(25)8-14(24)32-9-11-6-4-3-5-7-11/h3-7,12-13,16-23,26-31H,2,8-10H2,1H3/t12?,13?,16-,17-,18?,19+,20-,21?,22-,23-/m1/s1. The van der Waals surface area contributed by atoms with Crippen LogP contribution < -0.4 is 0 Å². The van der Waals surface area contributed by atoms with E-state index in [9.17, 15) is 40.2 Å². The summed E-state index contributed by atoms with van der Waals surface area (Å²) in [5.41, 5.74) is 0.732. The number of hydrogen-bond acceptors (Lipinski definition) is 13. The van der Waals surface area contributed by atoms with E-state index < -0.39 is 86.4 Å². The summed E-state index contributed by atoms with van der Waals surface area (Å²) < 4.78 is 26.2. The molecule has 2 heterocycles. The van der Waals surface area contributed by atoms with Crippen molar-refractivity contribution in [2.24, 2.45) is 0 Å². The number of carbonyl (C=O) groups is 2. The lowest BCUT2D eigenvalue weighted by atomic mass is 9.97. The fraction of sp³-hybridized carbons (Fsp3) is 0.652. The summed E-state index contributed by atoms with van der Waals surface area (Å²) in [6.07, 6.45) is -15.9. The van der Waals surface area contributed by atoms with Gasteiger partial charge in [-0.15, -0.1) is 0 Å². The highest BCUT2D eigenvalue weighted by Gasteiger charge is 2.49. The molecule has 202 valence electrons. The van der Waals surface area contributed by atoms with Gasteiger partial charge in [0.05, 0.1) is 6.10 Å². The van der Waals surface area contributed by atoms with Crippen molar-refractivity contribution in [3.8, 4) is 0 Å².